The van der Waals surface area contributed by atoms with Gasteiger partial charge in [0.2, 0.25) is 0 Å². The number of nitrogens with zero attached hydrogens (tertiary/aromatic N) is 2. The molecule has 0 aliphatic carbocycles. The van der Waals surface area contributed by atoms with Crippen molar-refractivity contribution in [1.29, 1.82) is 0 Å². The summed E-state index contributed by atoms with van der Waals surface area (Å²) in [5.41, 5.74) is 6.31. The molecule has 2 saturated heterocycles. The lowest BCUT2D eigenvalue weighted by Gasteiger charge is -2.39. The Kier molecular flexibility index (Phi) is 3.13. The summed E-state index contributed by atoms with van der Waals surface area (Å²) in [5, 5.41) is 0. The minimum absolute atomic E-state index is 0.00799. The summed E-state index contributed by atoms with van der Waals surface area (Å²) in [6.07, 6.45) is 6.75. The number of rotatable bonds is 2. The van der Waals surface area contributed by atoms with Crippen molar-refractivity contribution < 1.29 is 9.47 Å². The van der Waals surface area contributed by atoms with E-state index in [9.17, 15) is 0 Å². The summed E-state index contributed by atoms with van der Waals surface area (Å²) in [7, 11) is 2.00. The van der Waals surface area contributed by atoms with Crippen molar-refractivity contribution in [3.8, 4) is 0 Å². The monoisotopic (exact) mass is 251 g/mol. The molecule has 2 aliphatic heterocycles. The van der Waals surface area contributed by atoms with Gasteiger partial charge in [-0.2, -0.15) is 0 Å². The van der Waals surface area contributed by atoms with Gasteiger partial charge in [0.15, 0.2) is 0 Å². The maximum absolute atomic E-state index is 6.39. The van der Waals surface area contributed by atoms with Gasteiger partial charge in [-0.25, -0.2) is 4.98 Å². The summed E-state index contributed by atoms with van der Waals surface area (Å²) < 4.78 is 13.5. The predicted octanol–water partition coefficient (Wildman–Crippen LogP) is 1.01. The molecule has 100 valence electrons. The first-order valence-corrected chi connectivity index (χ1v) is 6.65. The average molecular weight is 251 g/mol. The third kappa shape index (κ3) is 2.06. The Balaban J connectivity index is 1.74. The molecule has 1 aromatic rings. The Morgan fingerprint density at radius 2 is 2.44 bits per heavy atom. The van der Waals surface area contributed by atoms with Crippen molar-refractivity contribution in [2.24, 2.45) is 18.7 Å². The van der Waals surface area contributed by atoms with Crippen LogP contribution in [0.2, 0.25) is 0 Å². The quantitative estimate of drug-likeness (QED) is 0.852. The van der Waals surface area contributed by atoms with E-state index in [1.807, 2.05) is 24.0 Å². The van der Waals surface area contributed by atoms with Gasteiger partial charge in [0.1, 0.15) is 5.82 Å². The molecule has 0 aromatic carbocycles. The van der Waals surface area contributed by atoms with Gasteiger partial charge in [-0.3, -0.25) is 0 Å². The summed E-state index contributed by atoms with van der Waals surface area (Å²) in [6, 6.07) is -0.00799. The highest BCUT2D eigenvalue weighted by Crippen LogP contribution is 2.39. The first kappa shape index (κ1) is 12.1. The Morgan fingerprint density at radius 1 is 1.56 bits per heavy atom. The van der Waals surface area contributed by atoms with Crippen LogP contribution < -0.4 is 5.73 Å². The second kappa shape index (κ2) is 4.64. The molecule has 2 aliphatic rings. The second-order valence-corrected chi connectivity index (χ2v) is 5.51. The fourth-order valence-corrected chi connectivity index (χ4v) is 3.14. The van der Waals surface area contributed by atoms with Crippen molar-refractivity contribution >= 4 is 0 Å². The molecular formula is C13H21N3O2. The van der Waals surface area contributed by atoms with Gasteiger partial charge < -0.3 is 19.8 Å². The van der Waals surface area contributed by atoms with Crippen LogP contribution in [0.15, 0.2) is 12.4 Å². The maximum atomic E-state index is 6.39. The van der Waals surface area contributed by atoms with E-state index in [1.54, 1.807) is 0 Å². The smallest absolute Gasteiger partial charge is 0.125 e. The van der Waals surface area contributed by atoms with Crippen LogP contribution in [-0.4, -0.2) is 35.0 Å². The van der Waals surface area contributed by atoms with Crippen LogP contribution in [0.3, 0.4) is 0 Å². The minimum atomic E-state index is -0.0777. The highest BCUT2D eigenvalue weighted by Gasteiger charge is 2.43. The minimum Gasteiger partial charge on any atom is -0.378 e. The maximum Gasteiger partial charge on any atom is 0.125 e. The van der Waals surface area contributed by atoms with E-state index in [0.717, 1.165) is 44.9 Å². The lowest BCUT2D eigenvalue weighted by Crippen LogP contribution is -2.43. The lowest BCUT2D eigenvalue weighted by molar-refractivity contribution is -0.102. The van der Waals surface area contributed by atoms with Crippen LogP contribution in [0.1, 0.15) is 31.1 Å². The SMILES string of the molecule is Cn1ccnc1C(N)C1CCOC2(CCOC2)C1. The van der Waals surface area contributed by atoms with E-state index in [4.69, 9.17) is 15.2 Å². The zero-order valence-electron chi connectivity index (χ0n) is 10.8. The number of imidazole rings is 1. The van der Waals surface area contributed by atoms with E-state index >= 15 is 0 Å². The number of aromatic nitrogens is 2. The largest absolute Gasteiger partial charge is 0.378 e. The van der Waals surface area contributed by atoms with Gasteiger partial charge in [-0.1, -0.05) is 0 Å². The molecule has 2 N–H and O–H groups in total. The molecule has 0 amide bonds. The molecule has 3 heterocycles. The highest BCUT2D eigenvalue weighted by atomic mass is 16.6. The van der Waals surface area contributed by atoms with Crippen molar-refractivity contribution in [3.63, 3.8) is 0 Å². The van der Waals surface area contributed by atoms with E-state index in [-0.39, 0.29) is 11.6 Å². The fraction of sp³-hybridized carbons (Fsp3) is 0.769. The normalized spacial score (nSPS) is 34.0. The molecule has 1 aromatic heterocycles. The summed E-state index contributed by atoms with van der Waals surface area (Å²) in [4.78, 5) is 4.37. The number of aryl methyl sites for hydroxylation is 1. The molecule has 3 rings (SSSR count). The molecular weight excluding hydrogens is 230 g/mol. The summed E-state index contributed by atoms with van der Waals surface area (Å²) in [5.74, 6) is 1.40. The van der Waals surface area contributed by atoms with Crippen LogP contribution in [0.25, 0.3) is 0 Å². The van der Waals surface area contributed by atoms with Crippen molar-refractivity contribution in [2.45, 2.75) is 30.9 Å². The highest BCUT2D eigenvalue weighted by molar-refractivity contribution is 5.03. The van der Waals surface area contributed by atoms with Crippen LogP contribution >= 0.6 is 0 Å². The van der Waals surface area contributed by atoms with Crippen LogP contribution in [0.5, 0.6) is 0 Å². The van der Waals surface area contributed by atoms with Crippen molar-refractivity contribution in [3.05, 3.63) is 18.2 Å². The van der Waals surface area contributed by atoms with E-state index in [1.165, 1.54) is 0 Å². The predicted molar refractivity (Wildman–Crippen MR) is 67.0 cm³/mol. The van der Waals surface area contributed by atoms with E-state index < -0.39 is 0 Å². The van der Waals surface area contributed by atoms with Crippen LogP contribution in [0, 0.1) is 5.92 Å². The molecule has 0 radical (unpaired) electrons. The van der Waals surface area contributed by atoms with Gasteiger partial charge in [0.05, 0.1) is 18.2 Å². The number of hydrogen-bond donors (Lipinski definition) is 1. The van der Waals surface area contributed by atoms with Crippen molar-refractivity contribution in [1.82, 2.24) is 9.55 Å². The Hall–Kier alpha value is -0.910. The van der Waals surface area contributed by atoms with Gasteiger partial charge in [0.25, 0.3) is 0 Å². The zero-order chi connectivity index (χ0) is 12.6. The molecule has 5 nitrogen and oxygen atoms in total. The number of ether oxygens (including phenoxy) is 2. The van der Waals surface area contributed by atoms with Gasteiger partial charge >= 0.3 is 0 Å². The topological polar surface area (TPSA) is 62.3 Å². The Bertz CT molecular complexity index is 412. The molecule has 18 heavy (non-hydrogen) atoms. The van der Waals surface area contributed by atoms with E-state index in [2.05, 4.69) is 4.98 Å². The molecule has 0 saturated carbocycles. The average Bonchev–Trinajstić information content (AvgIpc) is 2.98. The molecule has 5 heteroatoms. The second-order valence-electron chi connectivity index (χ2n) is 5.51. The third-order valence-corrected chi connectivity index (χ3v) is 4.26. The van der Waals surface area contributed by atoms with Crippen LogP contribution in [-0.2, 0) is 16.5 Å². The Morgan fingerprint density at radius 3 is 3.11 bits per heavy atom. The zero-order valence-corrected chi connectivity index (χ0v) is 10.8. The molecule has 1 spiro atoms. The first-order valence-electron chi connectivity index (χ1n) is 6.65. The molecule has 0 bridgehead atoms. The van der Waals surface area contributed by atoms with Gasteiger partial charge in [-0.15, -0.1) is 0 Å². The summed E-state index contributed by atoms with van der Waals surface area (Å²) >= 11 is 0. The van der Waals surface area contributed by atoms with Crippen molar-refractivity contribution in [2.75, 3.05) is 19.8 Å². The lowest BCUT2D eigenvalue weighted by atomic mass is 9.81. The summed E-state index contributed by atoms with van der Waals surface area (Å²) in [6.45, 7) is 2.31. The van der Waals surface area contributed by atoms with Gasteiger partial charge in [0, 0.05) is 39.1 Å². The molecule has 3 unspecified atom stereocenters. The number of nitrogens with two attached hydrogens (primary N) is 1. The standard InChI is InChI=1S/C13H21N3O2/c1-16-5-4-15-12(16)11(14)10-2-6-18-13(8-10)3-7-17-9-13/h4-5,10-11H,2-3,6-9,14H2,1H3. The van der Waals surface area contributed by atoms with Gasteiger partial charge in [-0.05, 0) is 18.8 Å². The Labute approximate surface area is 107 Å². The van der Waals surface area contributed by atoms with Crippen LogP contribution in [0.4, 0.5) is 0 Å². The van der Waals surface area contributed by atoms with E-state index in [0.29, 0.717) is 5.92 Å². The number of hydrogen-bond acceptors (Lipinski definition) is 4. The molecule has 2 fully saturated rings. The molecule has 3 atom stereocenters. The first-order chi connectivity index (χ1) is 8.70. The fourth-order valence-electron chi connectivity index (χ4n) is 3.14. The third-order valence-electron chi connectivity index (χ3n) is 4.26.